The number of hydrogen-bond acceptors (Lipinski definition) is 8. The van der Waals surface area contributed by atoms with E-state index in [2.05, 4.69) is 20.5 Å². The highest BCUT2D eigenvalue weighted by molar-refractivity contribution is 7.99. The van der Waals surface area contributed by atoms with Gasteiger partial charge >= 0.3 is 0 Å². The molecule has 9 nitrogen and oxygen atoms in total. The van der Waals surface area contributed by atoms with Crippen LogP contribution in [-0.2, 0) is 18.4 Å². The van der Waals surface area contributed by atoms with Crippen LogP contribution in [-0.4, -0.2) is 56.3 Å². The molecule has 0 radical (unpaired) electrons. The number of rotatable bonds is 8. The Bertz CT molecular complexity index is 1140. The molecule has 3 rings (SSSR count). The van der Waals surface area contributed by atoms with Gasteiger partial charge in [0.15, 0.2) is 16.1 Å². The molecule has 3 aromatic rings. The molecule has 2 amide bonds. The minimum Gasteiger partial charge on any atom is -0.485 e. The molecule has 1 aromatic carbocycles. The quantitative estimate of drug-likeness (QED) is 0.477. The minimum absolute atomic E-state index is 0.124. The highest BCUT2D eigenvalue weighted by Crippen LogP contribution is 2.25. The van der Waals surface area contributed by atoms with E-state index in [9.17, 15) is 9.59 Å². The van der Waals surface area contributed by atoms with Crippen LogP contribution in [0.3, 0.4) is 0 Å². The Kier molecular flexibility index (Phi) is 7.75. The third kappa shape index (κ3) is 5.78. The molecule has 170 valence electrons. The lowest BCUT2D eigenvalue weighted by Crippen LogP contribution is -2.21. The molecule has 0 fully saturated rings. The largest absolute Gasteiger partial charge is 0.485 e. The first-order chi connectivity index (χ1) is 15.2. The molecule has 0 aliphatic carbocycles. The van der Waals surface area contributed by atoms with Crippen molar-refractivity contribution >= 4 is 51.6 Å². The van der Waals surface area contributed by atoms with Crippen LogP contribution in [0.5, 0.6) is 5.75 Å². The summed E-state index contributed by atoms with van der Waals surface area (Å²) in [5.74, 6) is 1.09. The summed E-state index contributed by atoms with van der Waals surface area (Å²) in [6, 6.07) is 5.41. The average molecular weight is 495 g/mol. The number of ether oxygens (including phenoxy) is 1. The number of thioether (sulfide) groups is 1. The highest BCUT2D eigenvalue weighted by atomic mass is 35.5. The van der Waals surface area contributed by atoms with Gasteiger partial charge in [0.25, 0.3) is 5.91 Å². The van der Waals surface area contributed by atoms with Crippen molar-refractivity contribution in [2.24, 2.45) is 7.05 Å². The monoisotopic (exact) mass is 494 g/mol. The minimum atomic E-state index is -0.245. The van der Waals surface area contributed by atoms with Crippen molar-refractivity contribution < 1.29 is 14.3 Å². The van der Waals surface area contributed by atoms with E-state index in [0.29, 0.717) is 31.7 Å². The van der Waals surface area contributed by atoms with E-state index < -0.39 is 0 Å². The van der Waals surface area contributed by atoms with E-state index in [1.807, 2.05) is 26.1 Å². The lowest BCUT2D eigenvalue weighted by Gasteiger charge is -2.09. The van der Waals surface area contributed by atoms with Gasteiger partial charge in [0, 0.05) is 26.2 Å². The Morgan fingerprint density at radius 3 is 2.72 bits per heavy atom. The second kappa shape index (κ2) is 10.3. The number of aryl methyl sites for hydroxylation is 2. The second-order valence-electron chi connectivity index (χ2n) is 7.13. The Labute approximate surface area is 199 Å². The molecule has 0 atom stereocenters. The molecular formula is C20H23ClN6O3S2. The van der Waals surface area contributed by atoms with Crippen molar-refractivity contribution in [1.29, 1.82) is 0 Å². The summed E-state index contributed by atoms with van der Waals surface area (Å²) in [7, 11) is 5.16. The third-order valence-corrected chi connectivity index (χ3v) is 6.71. The van der Waals surface area contributed by atoms with Crippen LogP contribution in [0.1, 0.15) is 26.8 Å². The number of halogens is 1. The second-order valence-corrected chi connectivity index (χ2v) is 9.50. The summed E-state index contributed by atoms with van der Waals surface area (Å²) in [6.45, 7) is 3.90. The van der Waals surface area contributed by atoms with Crippen LogP contribution in [0.15, 0.2) is 23.4 Å². The van der Waals surface area contributed by atoms with Gasteiger partial charge in [0.05, 0.1) is 11.4 Å². The summed E-state index contributed by atoms with van der Waals surface area (Å²) >= 11 is 8.38. The van der Waals surface area contributed by atoms with Crippen LogP contribution >= 0.6 is 34.7 Å². The molecule has 0 bridgehead atoms. The maximum Gasteiger partial charge on any atom is 0.265 e. The van der Waals surface area contributed by atoms with E-state index in [-0.39, 0.29) is 24.2 Å². The first kappa shape index (κ1) is 24.0. The molecule has 0 saturated carbocycles. The topological polar surface area (TPSA) is 102 Å². The fourth-order valence-electron chi connectivity index (χ4n) is 2.65. The molecule has 2 heterocycles. The summed E-state index contributed by atoms with van der Waals surface area (Å²) in [5, 5.41) is 12.7. The lowest BCUT2D eigenvalue weighted by atomic mass is 10.2. The Hall–Kier alpha value is -2.63. The lowest BCUT2D eigenvalue weighted by molar-refractivity contribution is -0.113. The van der Waals surface area contributed by atoms with Crippen molar-refractivity contribution in [3.8, 4) is 5.75 Å². The first-order valence-corrected chi connectivity index (χ1v) is 11.7. The van der Waals surface area contributed by atoms with Crippen LogP contribution < -0.4 is 10.1 Å². The zero-order valence-corrected chi connectivity index (χ0v) is 20.7. The number of carbonyl (C=O) groups is 2. The molecule has 0 saturated heterocycles. The van der Waals surface area contributed by atoms with E-state index >= 15 is 0 Å². The molecule has 0 spiro atoms. The van der Waals surface area contributed by atoms with E-state index in [4.69, 9.17) is 16.3 Å². The molecule has 32 heavy (non-hydrogen) atoms. The Morgan fingerprint density at radius 2 is 2.03 bits per heavy atom. The van der Waals surface area contributed by atoms with Gasteiger partial charge in [-0.25, -0.2) is 4.98 Å². The molecular weight excluding hydrogens is 472 g/mol. The molecule has 12 heteroatoms. The normalized spacial score (nSPS) is 10.8. The number of thiazole rings is 1. The number of hydrogen-bond donors (Lipinski definition) is 1. The van der Waals surface area contributed by atoms with Gasteiger partial charge in [-0.3, -0.25) is 9.59 Å². The fraction of sp³-hybridized carbons (Fsp3) is 0.350. The summed E-state index contributed by atoms with van der Waals surface area (Å²) in [4.78, 5) is 30.7. The van der Waals surface area contributed by atoms with Crippen molar-refractivity contribution in [3.63, 3.8) is 0 Å². The van der Waals surface area contributed by atoms with Gasteiger partial charge < -0.3 is 19.5 Å². The first-order valence-electron chi connectivity index (χ1n) is 9.54. The predicted molar refractivity (Wildman–Crippen MR) is 126 cm³/mol. The average Bonchev–Trinajstić information content (AvgIpc) is 3.27. The number of aromatic nitrogens is 4. The Balaban J connectivity index is 1.55. The zero-order chi connectivity index (χ0) is 23.4. The van der Waals surface area contributed by atoms with Crippen LogP contribution in [0.25, 0.3) is 0 Å². The third-order valence-electron chi connectivity index (χ3n) is 4.39. The Morgan fingerprint density at radius 1 is 1.28 bits per heavy atom. The summed E-state index contributed by atoms with van der Waals surface area (Å²) < 4.78 is 7.60. The highest BCUT2D eigenvalue weighted by Gasteiger charge is 2.18. The van der Waals surface area contributed by atoms with Crippen LogP contribution in [0, 0.1) is 13.8 Å². The molecule has 2 aromatic heterocycles. The van der Waals surface area contributed by atoms with Crippen molar-refractivity contribution in [2.75, 3.05) is 25.2 Å². The van der Waals surface area contributed by atoms with Gasteiger partial charge in [-0.15, -0.1) is 10.2 Å². The smallest absolute Gasteiger partial charge is 0.265 e. The number of carbonyl (C=O) groups excluding carboxylic acids is 2. The molecule has 1 N–H and O–H groups in total. The van der Waals surface area contributed by atoms with E-state index in [0.717, 1.165) is 22.6 Å². The van der Waals surface area contributed by atoms with Crippen molar-refractivity contribution in [1.82, 2.24) is 24.6 Å². The number of nitrogens with one attached hydrogen (secondary N) is 1. The van der Waals surface area contributed by atoms with E-state index in [1.165, 1.54) is 16.7 Å². The van der Waals surface area contributed by atoms with Crippen LogP contribution in [0.2, 0.25) is 5.02 Å². The van der Waals surface area contributed by atoms with Crippen molar-refractivity contribution in [3.05, 3.63) is 45.2 Å². The van der Waals surface area contributed by atoms with E-state index in [1.54, 1.807) is 31.7 Å². The molecule has 0 aliphatic rings. The summed E-state index contributed by atoms with van der Waals surface area (Å²) in [6.07, 6.45) is 0. The van der Waals surface area contributed by atoms with Crippen molar-refractivity contribution in [2.45, 2.75) is 25.6 Å². The molecule has 0 aliphatic heterocycles. The fourth-order valence-corrected chi connectivity index (χ4v) is 4.61. The summed E-state index contributed by atoms with van der Waals surface area (Å²) in [5.41, 5.74) is 1.52. The number of nitrogens with zero attached hydrogens (tertiary/aromatic N) is 5. The number of anilines is 1. The maximum atomic E-state index is 12.4. The molecule has 0 unspecified atom stereocenters. The zero-order valence-electron chi connectivity index (χ0n) is 18.3. The SMILES string of the molecule is Cc1cc(Cl)ccc1OCc1nnc(SCC(=O)Nc2nc(C)c(C(=O)N(C)C)s2)n1C. The van der Waals surface area contributed by atoms with Gasteiger partial charge in [-0.05, 0) is 37.6 Å². The number of benzene rings is 1. The van der Waals surface area contributed by atoms with Gasteiger partial charge in [-0.2, -0.15) is 0 Å². The number of amides is 2. The van der Waals surface area contributed by atoms with Gasteiger partial charge in [0.2, 0.25) is 5.91 Å². The standard InChI is InChI=1S/C20H23ClN6O3S2/c1-11-8-13(21)6-7-14(11)30-9-15-24-25-20(27(15)5)31-10-16(28)23-19-22-12(2)17(32-19)18(29)26(3)4/h6-8H,9-10H2,1-5H3,(H,22,23,28). The van der Waals surface area contributed by atoms with Gasteiger partial charge in [-0.1, -0.05) is 34.7 Å². The van der Waals surface area contributed by atoms with Crippen LogP contribution in [0.4, 0.5) is 5.13 Å². The maximum absolute atomic E-state index is 12.4. The van der Waals surface area contributed by atoms with Gasteiger partial charge in [0.1, 0.15) is 17.2 Å². The predicted octanol–water partition coefficient (Wildman–Crippen LogP) is 3.55.